The van der Waals surface area contributed by atoms with Gasteiger partial charge in [-0.25, -0.2) is 4.98 Å². The third-order valence-electron chi connectivity index (χ3n) is 3.31. The Balaban J connectivity index is 1.47. The minimum atomic E-state index is 0.581. The van der Waals surface area contributed by atoms with Crippen LogP contribution in [0.15, 0.2) is 58.2 Å². The zero-order valence-electron chi connectivity index (χ0n) is 13.7. The third kappa shape index (κ3) is 4.99. The molecule has 0 amide bonds. The van der Waals surface area contributed by atoms with Gasteiger partial charge in [-0.3, -0.25) is 5.10 Å². The number of nitrogens with one attached hydrogen (secondary N) is 1. The topological polar surface area (TPSA) is 60.0 Å². The van der Waals surface area contributed by atoms with Crippen molar-refractivity contribution in [2.75, 3.05) is 19.0 Å². The highest BCUT2D eigenvalue weighted by atomic mass is 79.9. The van der Waals surface area contributed by atoms with Crippen LogP contribution in [-0.2, 0) is 0 Å². The number of hydrogen-bond acceptors (Lipinski definition) is 5. The lowest BCUT2D eigenvalue weighted by molar-refractivity contribution is 0.332. The lowest BCUT2D eigenvalue weighted by atomic mass is 10.2. The summed E-state index contributed by atoms with van der Waals surface area (Å²) >= 11 is 5.08. The van der Waals surface area contributed by atoms with Crippen LogP contribution in [0.4, 0.5) is 0 Å². The first-order chi connectivity index (χ1) is 12.3. The summed E-state index contributed by atoms with van der Waals surface area (Å²) in [6.45, 7) is 3.21. The maximum absolute atomic E-state index is 5.72. The molecule has 3 rings (SSSR count). The van der Waals surface area contributed by atoms with Gasteiger partial charge in [0.15, 0.2) is 5.82 Å². The fourth-order valence-corrected chi connectivity index (χ4v) is 3.26. The molecule has 1 aromatic heterocycles. The number of H-pyrrole nitrogens is 1. The first kappa shape index (κ1) is 17.8. The van der Waals surface area contributed by atoms with Crippen LogP contribution in [0.1, 0.15) is 6.92 Å². The SMILES string of the molecule is CCOc1ccc(OCCSc2n[nH]c(-c3ccccc3Br)n2)cc1. The zero-order valence-corrected chi connectivity index (χ0v) is 16.1. The Bertz CT molecular complexity index is 808. The molecule has 0 bridgehead atoms. The molecule has 1 N–H and O–H groups in total. The van der Waals surface area contributed by atoms with Gasteiger partial charge in [-0.1, -0.05) is 45.9 Å². The number of aromatic amines is 1. The van der Waals surface area contributed by atoms with Gasteiger partial charge in [0.2, 0.25) is 5.16 Å². The summed E-state index contributed by atoms with van der Waals surface area (Å²) in [5.41, 5.74) is 0.993. The zero-order chi connectivity index (χ0) is 17.5. The van der Waals surface area contributed by atoms with Crippen molar-refractivity contribution in [2.24, 2.45) is 0 Å². The van der Waals surface area contributed by atoms with Crippen molar-refractivity contribution in [1.29, 1.82) is 0 Å². The number of nitrogens with zero attached hydrogens (tertiary/aromatic N) is 2. The minimum absolute atomic E-state index is 0.581. The van der Waals surface area contributed by atoms with Gasteiger partial charge in [0, 0.05) is 15.8 Å². The lowest BCUT2D eigenvalue weighted by Gasteiger charge is -2.06. The summed E-state index contributed by atoms with van der Waals surface area (Å²) in [5.74, 6) is 3.19. The normalized spacial score (nSPS) is 10.6. The number of hydrogen-bond donors (Lipinski definition) is 1. The van der Waals surface area contributed by atoms with Gasteiger partial charge < -0.3 is 9.47 Å². The summed E-state index contributed by atoms with van der Waals surface area (Å²) in [7, 11) is 0. The van der Waals surface area contributed by atoms with Gasteiger partial charge in [0.1, 0.15) is 11.5 Å². The van der Waals surface area contributed by atoms with Gasteiger partial charge in [-0.2, -0.15) is 0 Å². The van der Waals surface area contributed by atoms with Crippen LogP contribution in [0.3, 0.4) is 0 Å². The second kappa shape index (κ2) is 8.92. The molecule has 7 heteroatoms. The maximum Gasteiger partial charge on any atom is 0.208 e. The maximum atomic E-state index is 5.72. The van der Waals surface area contributed by atoms with E-state index in [0.717, 1.165) is 33.1 Å². The summed E-state index contributed by atoms with van der Waals surface area (Å²) in [6.07, 6.45) is 0. The van der Waals surface area contributed by atoms with Crippen LogP contribution in [0.5, 0.6) is 11.5 Å². The van der Waals surface area contributed by atoms with Crippen LogP contribution in [0.25, 0.3) is 11.4 Å². The van der Waals surface area contributed by atoms with E-state index in [1.807, 2.05) is 55.5 Å². The van der Waals surface area contributed by atoms with Crippen LogP contribution in [0.2, 0.25) is 0 Å². The van der Waals surface area contributed by atoms with Crippen LogP contribution in [0, 0.1) is 0 Å². The molecule has 0 unspecified atom stereocenters. The number of aromatic nitrogens is 3. The van der Waals surface area contributed by atoms with Crippen molar-refractivity contribution in [2.45, 2.75) is 12.1 Å². The molecule has 0 aliphatic carbocycles. The van der Waals surface area contributed by atoms with E-state index in [1.54, 1.807) is 11.8 Å². The average molecular weight is 420 g/mol. The van der Waals surface area contributed by atoms with Crippen LogP contribution in [-0.4, -0.2) is 34.1 Å². The van der Waals surface area contributed by atoms with Gasteiger partial charge in [0.05, 0.1) is 13.2 Å². The summed E-state index contributed by atoms with van der Waals surface area (Å²) in [4.78, 5) is 4.51. The molecule has 130 valence electrons. The van der Waals surface area contributed by atoms with E-state index >= 15 is 0 Å². The quantitative estimate of drug-likeness (QED) is 0.419. The van der Waals surface area contributed by atoms with E-state index in [1.165, 1.54) is 0 Å². The summed E-state index contributed by atoms with van der Waals surface area (Å²) in [6, 6.07) is 15.6. The molecule has 0 saturated heterocycles. The van der Waals surface area contributed by atoms with E-state index in [9.17, 15) is 0 Å². The molecule has 0 spiro atoms. The van der Waals surface area contributed by atoms with E-state index in [4.69, 9.17) is 9.47 Å². The molecule has 25 heavy (non-hydrogen) atoms. The largest absolute Gasteiger partial charge is 0.494 e. The van der Waals surface area contributed by atoms with E-state index in [2.05, 4.69) is 31.1 Å². The summed E-state index contributed by atoms with van der Waals surface area (Å²) in [5, 5.41) is 7.93. The molecule has 0 saturated carbocycles. The molecule has 3 aromatic rings. The lowest BCUT2D eigenvalue weighted by Crippen LogP contribution is -2.00. The standard InChI is InChI=1S/C18H18BrN3O2S/c1-2-23-13-7-9-14(10-8-13)24-11-12-25-18-20-17(21-22-18)15-5-3-4-6-16(15)19/h3-10H,2,11-12H2,1H3,(H,20,21,22). The van der Waals surface area contributed by atoms with Crippen molar-refractivity contribution in [3.63, 3.8) is 0 Å². The Morgan fingerprint density at radius 1 is 1.04 bits per heavy atom. The Morgan fingerprint density at radius 2 is 1.76 bits per heavy atom. The third-order valence-corrected chi connectivity index (χ3v) is 4.81. The van der Waals surface area contributed by atoms with Crippen molar-refractivity contribution in [1.82, 2.24) is 15.2 Å². The molecule has 2 aromatic carbocycles. The highest BCUT2D eigenvalue weighted by Gasteiger charge is 2.08. The number of benzene rings is 2. The second-order valence-electron chi connectivity index (χ2n) is 5.05. The van der Waals surface area contributed by atoms with Crippen molar-refractivity contribution >= 4 is 27.7 Å². The molecule has 0 radical (unpaired) electrons. The van der Waals surface area contributed by atoms with Gasteiger partial charge in [0.25, 0.3) is 0 Å². The molecular formula is C18H18BrN3O2S. The molecule has 0 aliphatic heterocycles. The molecule has 1 heterocycles. The van der Waals surface area contributed by atoms with Crippen molar-refractivity contribution < 1.29 is 9.47 Å². The monoisotopic (exact) mass is 419 g/mol. The van der Waals surface area contributed by atoms with Gasteiger partial charge >= 0.3 is 0 Å². The fraction of sp³-hybridized carbons (Fsp3) is 0.222. The highest BCUT2D eigenvalue weighted by Crippen LogP contribution is 2.26. The number of halogens is 1. The van der Waals surface area contributed by atoms with E-state index in [-0.39, 0.29) is 0 Å². The van der Waals surface area contributed by atoms with Crippen molar-refractivity contribution in [3.05, 3.63) is 53.0 Å². The first-order valence-corrected chi connectivity index (χ1v) is 9.70. The van der Waals surface area contributed by atoms with Crippen LogP contribution >= 0.6 is 27.7 Å². The smallest absolute Gasteiger partial charge is 0.208 e. The molecule has 0 atom stereocenters. The van der Waals surface area contributed by atoms with Crippen molar-refractivity contribution in [3.8, 4) is 22.9 Å². The predicted octanol–water partition coefficient (Wildman–Crippen LogP) is 4.80. The Morgan fingerprint density at radius 3 is 2.48 bits per heavy atom. The van der Waals surface area contributed by atoms with Gasteiger partial charge in [-0.05, 0) is 37.3 Å². The number of rotatable bonds is 8. The minimum Gasteiger partial charge on any atom is -0.494 e. The number of ether oxygens (including phenoxy) is 2. The molecule has 5 nitrogen and oxygen atoms in total. The second-order valence-corrected chi connectivity index (χ2v) is 6.96. The first-order valence-electron chi connectivity index (χ1n) is 7.92. The molecule has 0 fully saturated rings. The fourth-order valence-electron chi connectivity index (χ4n) is 2.18. The number of thioether (sulfide) groups is 1. The highest BCUT2D eigenvalue weighted by molar-refractivity contribution is 9.10. The van der Waals surface area contributed by atoms with Gasteiger partial charge in [-0.15, -0.1) is 5.10 Å². The Labute approximate surface area is 159 Å². The Kier molecular flexibility index (Phi) is 6.36. The van der Waals surface area contributed by atoms with E-state index in [0.29, 0.717) is 18.4 Å². The summed E-state index contributed by atoms with van der Waals surface area (Å²) < 4.78 is 12.1. The Hall–Kier alpha value is -1.99. The van der Waals surface area contributed by atoms with Crippen LogP contribution < -0.4 is 9.47 Å². The molecule has 0 aliphatic rings. The molecular weight excluding hydrogens is 402 g/mol. The predicted molar refractivity (Wildman–Crippen MR) is 103 cm³/mol. The average Bonchev–Trinajstić information content (AvgIpc) is 3.09. The van der Waals surface area contributed by atoms with E-state index < -0.39 is 0 Å².